The van der Waals surface area contributed by atoms with Crippen molar-refractivity contribution in [3.63, 3.8) is 0 Å². The minimum absolute atomic E-state index is 0.178. The molecule has 5 heterocycles. The molecule has 164 valence electrons. The van der Waals surface area contributed by atoms with Crippen molar-refractivity contribution in [1.29, 1.82) is 0 Å². The van der Waals surface area contributed by atoms with Gasteiger partial charge in [-0.3, -0.25) is 4.98 Å². The summed E-state index contributed by atoms with van der Waals surface area (Å²) in [6.07, 6.45) is 5.90. The number of nitrogens with one attached hydrogen (secondary N) is 3. The molecule has 0 aliphatic carbocycles. The van der Waals surface area contributed by atoms with Crippen molar-refractivity contribution in [1.82, 2.24) is 30.2 Å². The first-order chi connectivity index (χ1) is 15.7. The maximum atomic E-state index is 14.4. The third-order valence-corrected chi connectivity index (χ3v) is 5.53. The molecule has 4 aromatic rings. The lowest BCUT2D eigenvalue weighted by Gasteiger charge is -2.33. The summed E-state index contributed by atoms with van der Waals surface area (Å²) in [5.74, 6) is 0.979. The molecule has 8 nitrogen and oxygen atoms in total. The lowest BCUT2D eigenvalue weighted by molar-refractivity contribution is 0.352. The third-order valence-electron chi connectivity index (χ3n) is 5.53. The molecule has 1 atom stereocenters. The highest BCUT2D eigenvalue weighted by atomic mass is 19.1. The number of H-pyrrole nitrogens is 1. The monoisotopic (exact) mass is 436 g/mol. The first-order valence-corrected chi connectivity index (χ1v) is 10.4. The lowest BCUT2D eigenvalue weighted by Crippen LogP contribution is -2.52. The predicted molar refractivity (Wildman–Crippen MR) is 119 cm³/mol. The number of nitrogens with zero attached hydrogens (tertiary/aromatic N) is 5. The first-order valence-electron chi connectivity index (χ1n) is 10.4. The first kappa shape index (κ1) is 20.3. The highest BCUT2D eigenvalue weighted by Crippen LogP contribution is 2.33. The van der Waals surface area contributed by atoms with E-state index in [0.29, 0.717) is 41.1 Å². The van der Waals surface area contributed by atoms with Crippen LogP contribution in [0.15, 0.2) is 49.2 Å². The van der Waals surface area contributed by atoms with E-state index in [9.17, 15) is 8.78 Å². The van der Waals surface area contributed by atoms with Gasteiger partial charge in [-0.05, 0) is 18.2 Å². The topological polar surface area (TPSA) is 94.6 Å². The van der Waals surface area contributed by atoms with E-state index in [4.69, 9.17) is 4.98 Å². The van der Waals surface area contributed by atoms with Gasteiger partial charge in [0.1, 0.15) is 36.1 Å². The standard InChI is InChI=1S/C22H22F2N8/c23-8-15-12-32(7-6-26-15)19-3-1-2-14(31-19)9-27-21-20-17(10-28-22(20)30-13-29-21)16-4-5-25-11-18(16)24/h1-5,10-11,13,15,26H,6-9,12H2,(H2,27,28,29,30)/t15-/m0/s1. The molecule has 10 heteroatoms. The maximum Gasteiger partial charge on any atom is 0.149 e. The molecule has 0 bridgehead atoms. The molecule has 32 heavy (non-hydrogen) atoms. The van der Waals surface area contributed by atoms with E-state index < -0.39 is 12.5 Å². The Hall–Kier alpha value is -3.66. The zero-order valence-corrected chi connectivity index (χ0v) is 17.2. The summed E-state index contributed by atoms with van der Waals surface area (Å²) in [5.41, 5.74) is 2.50. The fourth-order valence-corrected chi connectivity index (χ4v) is 3.96. The number of alkyl halides is 1. The third kappa shape index (κ3) is 3.96. The van der Waals surface area contributed by atoms with Gasteiger partial charge in [-0.15, -0.1) is 0 Å². The number of halogens is 2. The summed E-state index contributed by atoms with van der Waals surface area (Å²) in [7, 11) is 0. The van der Waals surface area contributed by atoms with Crippen LogP contribution >= 0.6 is 0 Å². The highest BCUT2D eigenvalue weighted by molar-refractivity contribution is 6.00. The van der Waals surface area contributed by atoms with Crippen LogP contribution in [0.1, 0.15) is 5.69 Å². The predicted octanol–water partition coefficient (Wildman–Crippen LogP) is 2.91. The average Bonchev–Trinajstić information content (AvgIpc) is 3.28. The number of pyridine rings is 2. The van der Waals surface area contributed by atoms with E-state index >= 15 is 0 Å². The molecule has 0 unspecified atom stereocenters. The largest absolute Gasteiger partial charge is 0.364 e. The second-order valence-corrected chi connectivity index (χ2v) is 7.60. The van der Waals surface area contributed by atoms with E-state index in [2.05, 4.69) is 35.5 Å². The van der Waals surface area contributed by atoms with Crippen LogP contribution in [-0.2, 0) is 6.54 Å². The molecule has 0 aromatic carbocycles. The average molecular weight is 436 g/mol. The number of hydrogen-bond acceptors (Lipinski definition) is 7. The smallest absolute Gasteiger partial charge is 0.149 e. The Morgan fingerprint density at radius 2 is 2.12 bits per heavy atom. The van der Waals surface area contributed by atoms with Gasteiger partial charge in [0, 0.05) is 43.2 Å². The molecule has 5 rings (SSSR count). The highest BCUT2D eigenvalue weighted by Gasteiger charge is 2.20. The Bertz CT molecular complexity index is 1230. The molecular formula is C22H22F2N8. The van der Waals surface area contributed by atoms with Crippen LogP contribution in [0.3, 0.4) is 0 Å². The van der Waals surface area contributed by atoms with Gasteiger partial charge in [-0.1, -0.05) is 6.07 Å². The van der Waals surface area contributed by atoms with Crippen molar-refractivity contribution < 1.29 is 8.78 Å². The molecule has 1 fully saturated rings. The van der Waals surface area contributed by atoms with Crippen LogP contribution in [0.2, 0.25) is 0 Å². The van der Waals surface area contributed by atoms with Crippen LogP contribution < -0.4 is 15.5 Å². The zero-order valence-electron chi connectivity index (χ0n) is 17.2. The Labute approximate surface area is 183 Å². The van der Waals surface area contributed by atoms with Crippen molar-refractivity contribution in [2.45, 2.75) is 12.6 Å². The van der Waals surface area contributed by atoms with Crippen LogP contribution in [0, 0.1) is 5.82 Å². The molecule has 0 amide bonds. The number of aromatic nitrogens is 5. The van der Waals surface area contributed by atoms with Gasteiger partial charge < -0.3 is 20.5 Å². The summed E-state index contributed by atoms with van der Waals surface area (Å²) < 4.78 is 27.4. The Morgan fingerprint density at radius 3 is 3.00 bits per heavy atom. The summed E-state index contributed by atoms with van der Waals surface area (Å²) >= 11 is 0. The number of fused-ring (bicyclic) bond motifs is 1. The molecule has 1 aliphatic heterocycles. The molecule has 1 aliphatic rings. The van der Waals surface area contributed by atoms with E-state index in [1.807, 2.05) is 18.2 Å². The van der Waals surface area contributed by atoms with Crippen LogP contribution in [0.5, 0.6) is 0 Å². The summed E-state index contributed by atoms with van der Waals surface area (Å²) in [4.78, 5) is 22.4. The second kappa shape index (κ2) is 8.83. The van der Waals surface area contributed by atoms with Gasteiger partial charge in [-0.2, -0.15) is 0 Å². The van der Waals surface area contributed by atoms with Crippen molar-refractivity contribution in [2.24, 2.45) is 0 Å². The van der Waals surface area contributed by atoms with Gasteiger partial charge >= 0.3 is 0 Å². The normalized spacial score (nSPS) is 16.4. The molecular weight excluding hydrogens is 414 g/mol. The minimum Gasteiger partial charge on any atom is -0.364 e. The second-order valence-electron chi connectivity index (χ2n) is 7.60. The summed E-state index contributed by atoms with van der Waals surface area (Å²) in [6.45, 7) is 2.09. The number of rotatable bonds is 6. The van der Waals surface area contributed by atoms with E-state index in [0.717, 1.165) is 24.6 Å². The summed E-state index contributed by atoms with van der Waals surface area (Å²) in [6, 6.07) is 7.24. The molecule has 4 aromatic heterocycles. The molecule has 3 N–H and O–H groups in total. The van der Waals surface area contributed by atoms with Crippen LogP contribution in [0.25, 0.3) is 22.2 Å². The van der Waals surface area contributed by atoms with Gasteiger partial charge in [-0.25, -0.2) is 23.7 Å². The van der Waals surface area contributed by atoms with Crippen molar-refractivity contribution in [3.05, 3.63) is 60.7 Å². The fraction of sp³-hybridized carbons (Fsp3) is 0.273. The summed E-state index contributed by atoms with van der Waals surface area (Å²) in [5, 5.41) is 7.17. The van der Waals surface area contributed by atoms with Gasteiger partial charge in [0.05, 0.1) is 29.9 Å². The van der Waals surface area contributed by atoms with Gasteiger partial charge in [0.2, 0.25) is 0 Å². The number of piperazine rings is 1. The van der Waals surface area contributed by atoms with E-state index in [1.165, 1.54) is 12.5 Å². The van der Waals surface area contributed by atoms with Gasteiger partial charge in [0.25, 0.3) is 0 Å². The zero-order chi connectivity index (χ0) is 21.9. The molecule has 0 radical (unpaired) electrons. The number of hydrogen-bond donors (Lipinski definition) is 3. The molecule has 1 saturated heterocycles. The van der Waals surface area contributed by atoms with Gasteiger partial charge in [0.15, 0.2) is 0 Å². The Morgan fingerprint density at radius 1 is 1.19 bits per heavy atom. The van der Waals surface area contributed by atoms with Crippen LogP contribution in [-0.4, -0.2) is 57.3 Å². The fourth-order valence-electron chi connectivity index (χ4n) is 3.96. The number of anilines is 2. The maximum absolute atomic E-state index is 14.4. The molecule has 0 saturated carbocycles. The Balaban J connectivity index is 1.39. The van der Waals surface area contributed by atoms with Crippen molar-refractivity contribution in [3.8, 4) is 11.1 Å². The quantitative estimate of drug-likeness (QED) is 0.428. The van der Waals surface area contributed by atoms with E-state index in [-0.39, 0.29) is 6.04 Å². The Kier molecular flexibility index (Phi) is 5.59. The lowest BCUT2D eigenvalue weighted by atomic mass is 10.1. The minimum atomic E-state index is -0.417. The van der Waals surface area contributed by atoms with Crippen molar-refractivity contribution in [2.75, 3.05) is 36.5 Å². The number of aromatic amines is 1. The van der Waals surface area contributed by atoms with Crippen LogP contribution in [0.4, 0.5) is 20.4 Å². The molecule has 0 spiro atoms. The SMILES string of the molecule is FC[C@H]1CN(c2cccc(CNc3ncnc4[nH]cc(-c5ccncc5F)c34)n2)CCN1. The van der Waals surface area contributed by atoms with E-state index in [1.54, 1.807) is 18.5 Å². The van der Waals surface area contributed by atoms with Crippen molar-refractivity contribution >= 4 is 22.7 Å².